The number of nitrogens with one attached hydrogen (secondary N) is 2. The van der Waals surface area contributed by atoms with E-state index in [-0.39, 0.29) is 44.5 Å². The number of hydrogen-bond donors (Lipinski definition) is 3. The van der Waals surface area contributed by atoms with Gasteiger partial charge in [0.05, 0.1) is 52.5 Å². The lowest BCUT2D eigenvalue weighted by molar-refractivity contribution is -0.0281. The molecular weight excluding hydrogens is 636 g/mol. The van der Waals surface area contributed by atoms with Crippen LogP contribution in [0.5, 0.6) is 5.88 Å². The number of aliphatic hydroxyl groups is 1. The van der Waals surface area contributed by atoms with Crippen LogP contribution in [0.2, 0.25) is 15.1 Å². The van der Waals surface area contributed by atoms with Gasteiger partial charge in [-0.15, -0.1) is 0 Å². The normalized spacial score (nSPS) is 16.5. The van der Waals surface area contributed by atoms with E-state index in [9.17, 15) is 19.1 Å². The molecule has 0 bridgehead atoms. The van der Waals surface area contributed by atoms with E-state index in [4.69, 9.17) is 44.3 Å². The van der Waals surface area contributed by atoms with Gasteiger partial charge >= 0.3 is 0 Å². The zero-order valence-corrected chi connectivity index (χ0v) is 25.8. The minimum Gasteiger partial charge on any atom is -0.481 e. The Morgan fingerprint density at radius 1 is 1.16 bits per heavy atom. The number of anilines is 1. The van der Waals surface area contributed by atoms with Crippen LogP contribution in [0.25, 0.3) is 22.4 Å². The Hall–Kier alpha value is -3.58. The van der Waals surface area contributed by atoms with Gasteiger partial charge in [-0.3, -0.25) is 9.59 Å². The quantitative estimate of drug-likeness (QED) is 0.238. The number of hydrogen-bond acceptors (Lipinski definition) is 8. The molecule has 3 N–H and O–H groups in total. The van der Waals surface area contributed by atoms with Gasteiger partial charge in [0.2, 0.25) is 5.88 Å². The molecule has 2 atom stereocenters. The molecule has 14 heteroatoms. The van der Waals surface area contributed by atoms with Gasteiger partial charge in [0.15, 0.2) is 0 Å². The van der Waals surface area contributed by atoms with Crippen molar-refractivity contribution in [3.63, 3.8) is 0 Å². The number of carbonyl (C=O) groups is 1. The second-order valence-electron chi connectivity index (χ2n) is 10.0. The molecule has 4 aromatic rings. The van der Waals surface area contributed by atoms with Crippen LogP contribution in [0.4, 0.5) is 10.1 Å². The van der Waals surface area contributed by atoms with Crippen molar-refractivity contribution in [3.05, 3.63) is 91.0 Å². The number of halogens is 4. The molecule has 0 radical (unpaired) electrons. The number of rotatable bonds is 8. The lowest BCUT2D eigenvalue weighted by atomic mass is 10.00. The number of pyridine rings is 1. The Labute approximate surface area is 266 Å². The van der Waals surface area contributed by atoms with Crippen molar-refractivity contribution in [2.24, 2.45) is 7.05 Å². The van der Waals surface area contributed by atoms with Gasteiger partial charge in [0, 0.05) is 48.5 Å². The Balaban J connectivity index is 1.45. The molecule has 1 unspecified atom stereocenters. The van der Waals surface area contributed by atoms with Gasteiger partial charge in [0.1, 0.15) is 11.4 Å². The van der Waals surface area contributed by atoms with Crippen molar-refractivity contribution in [3.8, 4) is 28.3 Å². The van der Waals surface area contributed by atoms with Crippen LogP contribution in [0.1, 0.15) is 22.3 Å². The van der Waals surface area contributed by atoms with E-state index in [1.54, 1.807) is 24.3 Å². The minimum atomic E-state index is -0.881. The summed E-state index contributed by atoms with van der Waals surface area (Å²) in [6.45, 7) is 1.26. The molecule has 3 heterocycles. The van der Waals surface area contributed by atoms with E-state index in [2.05, 4.69) is 20.7 Å². The van der Waals surface area contributed by atoms with Crippen molar-refractivity contribution in [2.75, 3.05) is 25.6 Å². The van der Waals surface area contributed by atoms with Crippen molar-refractivity contribution >= 4 is 46.4 Å². The SMILES string of the molecule is COc1nc(-c2cccc(-c3cc(F)cc(NC(=O)c4c(Cl)cnn(C)c4=O)c3Cl)c2Cl)ccc1CNC1CCOC[C@@H]1O. The summed E-state index contributed by atoms with van der Waals surface area (Å²) in [5, 5.41) is 19.8. The zero-order chi connectivity index (χ0) is 31.5. The van der Waals surface area contributed by atoms with Crippen LogP contribution < -0.4 is 20.9 Å². The van der Waals surface area contributed by atoms with Crippen LogP contribution in [0.15, 0.2) is 53.5 Å². The van der Waals surface area contributed by atoms with Crippen LogP contribution in [-0.2, 0) is 18.3 Å². The fraction of sp³-hybridized carbons (Fsp3) is 0.267. The number of benzene rings is 2. The first-order chi connectivity index (χ1) is 21.1. The third kappa shape index (κ3) is 6.58. The highest BCUT2D eigenvalue weighted by Gasteiger charge is 2.24. The highest BCUT2D eigenvalue weighted by Crippen LogP contribution is 2.42. The zero-order valence-electron chi connectivity index (χ0n) is 23.5. The highest BCUT2D eigenvalue weighted by molar-refractivity contribution is 6.40. The molecule has 0 saturated carbocycles. The number of methoxy groups -OCH3 is 1. The molecule has 5 rings (SSSR count). The second kappa shape index (κ2) is 13.6. The maximum Gasteiger partial charge on any atom is 0.280 e. The predicted octanol–water partition coefficient (Wildman–Crippen LogP) is 5.11. The molecule has 1 saturated heterocycles. The molecule has 10 nitrogen and oxygen atoms in total. The molecule has 1 aliphatic rings. The van der Waals surface area contributed by atoms with Crippen LogP contribution in [-0.4, -0.2) is 58.2 Å². The molecule has 1 aliphatic heterocycles. The van der Waals surface area contributed by atoms with Crippen LogP contribution in [0, 0.1) is 5.82 Å². The number of ether oxygens (including phenoxy) is 2. The molecule has 2 aromatic carbocycles. The number of nitrogens with zero attached hydrogens (tertiary/aromatic N) is 3. The largest absolute Gasteiger partial charge is 0.481 e. The van der Waals surface area contributed by atoms with Gasteiger partial charge in [-0.05, 0) is 24.6 Å². The lowest BCUT2D eigenvalue weighted by Gasteiger charge is -2.28. The molecule has 1 amide bonds. The minimum absolute atomic E-state index is 0.0111. The molecule has 0 spiro atoms. The summed E-state index contributed by atoms with van der Waals surface area (Å²) in [5.41, 5.74) is 1.19. The molecule has 230 valence electrons. The van der Waals surface area contributed by atoms with Gasteiger partial charge < -0.3 is 25.2 Å². The maximum atomic E-state index is 14.9. The summed E-state index contributed by atoms with van der Waals surface area (Å²) in [6, 6.07) is 10.9. The van der Waals surface area contributed by atoms with Crippen molar-refractivity contribution in [2.45, 2.75) is 25.1 Å². The van der Waals surface area contributed by atoms with E-state index in [0.717, 1.165) is 22.5 Å². The molecule has 0 aliphatic carbocycles. The Morgan fingerprint density at radius 2 is 1.93 bits per heavy atom. The lowest BCUT2D eigenvalue weighted by Crippen LogP contribution is -2.46. The first-order valence-electron chi connectivity index (χ1n) is 13.4. The van der Waals surface area contributed by atoms with E-state index in [1.165, 1.54) is 20.2 Å². The molecule has 2 aromatic heterocycles. The van der Waals surface area contributed by atoms with Gasteiger partial charge in [0.25, 0.3) is 11.5 Å². The van der Waals surface area contributed by atoms with Crippen molar-refractivity contribution < 1.29 is 23.8 Å². The summed E-state index contributed by atoms with van der Waals surface area (Å²) in [7, 11) is 2.87. The van der Waals surface area contributed by atoms with Gasteiger partial charge in [-0.25, -0.2) is 14.1 Å². The molecular formula is C30H27Cl3FN5O5. The second-order valence-corrected chi connectivity index (χ2v) is 11.2. The average Bonchev–Trinajstić information content (AvgIpc) is 3.00. The van der Waals surface area contributed by atoms with Crippen LogP contribution in [0.3, 0.4) is 0 Å². The molecule has 1 fully saturated rings. The van der Waals surface area contributed by atoms with Crippen molar-refractivity contribution in [1.29, 1.82) is 0 Å². The van der Waals surface area contributed by atoms with E-state index < -0.39 is 23.4 Å². The highest BCUT2D eigenvalue weighted by atomic mass is 35.5. The first kappa shape index (κ1) is 31.8. The number of amides is 1. The third-order valence-corrected chi connectivity index (χ3v) is 8.28. The number of aromatic nitrogens is 3. The van der Waals surface area contributed by atoms with E-state index >= 15 is 0 Å². The maximum absolute atomic E-state index is 14.9. The fourth-order valence-electron chi connectivity index (χ4n) is 4.86. The third-order valence-electron chi connectivity index (χ3n) is 7.18. The summed E-state index contributed by atoms with van der Waals surface area (Å²) in [6.07, 6.45) is 1.24. The van der Waals surface area contributed by atoms with Crippen LogP contribution >= 0.6 is 34.8 Å². The van der Waals surface area contributed by atoms with E-state index in [0.29, 0.717) is 42.3 Å². The Morgan fingerprint density at radius 3 is 2.68 bits per heavy atom. The van der Waals surface area contributed by atoms with Gasteiger partial charge in [-0.2, -0.15) is 5.10 Å². The van der Waals surface area contributed by atoms with E-state index in [1.807, 2.05) is 6.07 Å². The predicted molar refractivity (Wildman–Crippen MR) is 166 cm³/mol. The number of carbonyl (C=O) groups excluding carboxylic acids is 1. The first-order valence-corrected chi connectivity index (χ1v) is 14.6. The Bertz CT molecular complexity index is 1790. The summed E-state index contributed by atoms with van der Waals surface area (Å²) >= 11 is 19.6. The molecule has 44 heavy (non-hydrogen) atoms. The summed E-state index contributed by atoms with van der Waals surface area (Å²) < 4.78 is 26.7. The van der Waals surface area contributed by atoms with Gasteiger partial charge in [-0.1, -0.05) is 59.1 Å². The summed E-state index contributed by atoms with van der Waals surface area (Å²) in [4.78, 5) is 30.1. The fourth-order valence-corrected chi connectivity index (χ4v) is 5.65. The smallest absolute Gasteiger partial charge is 0.280 e. The average molecular weight is 663 g/mol. The Kier molecular flexibility index (Phi) is 9.84. The monoisotopic (exact) mass is 661 g/mol. The number of aryl methyl sites for hydroxylation is 1. The standard InChI is InChI=1S/C30H27Cl3FN5O5/c1-39-30(42)25(20(31)13-36-39)28(41)37-23-11-16(34)10-19(27(23)33)17-4-3-5-18(26(17)32)21-7-6-15(29(38-21)43-2)12-35-22-8-9-44-14-24(22)40/h3-7,10-11,13,22,24,35,40H,8-9,12,14H2,1-2H3,(H,37,41)/t22?,24-/m0/s1. The topological polar surface area (TPSA) is 128 Å². The van der Waals surface area contributed by atoms with Crippen molar-refractivity contribution in [1.82, 2.24) is 20.1 Å². The summed E-state index contributed by atoms with van der Waals surface area (Å²) in [5.74, 6) is -1.22. The number of aliphatic hydroxyl groups excluding tert-OH is 1.